The van der Waals surface area contributed by atoms with Crippen molar-refractivity contribution in [2.24, 2.45) is 17.8 Å². The number of allylic oxidation sites excluding steroid dienone is 1. The number of halogens is 1. The van der Waals surface area contributed by atoms with Crippen molar-refractivity contribution in [1.29, 1.82) is 0 Å². The van der Waals surface area contributed by atoms with Crippen molar-refractivity contribution in [3.63, 3.8) is 0 Å². The Morgan fingerprint density at radius 1 is 1.14 bits per heavy atom. The SMILES string of the molecule is CCCc1cc(Cl)ccc1C1COc2ccc3cc2N(C1)CC1CCC1C(O)/C=C/CCC(CC(C)C)S(=O)NC3=O. The molecule has 6 atom stereocenters. The van der Waals surface area contributed by atoms with Gasteiger partial charge in [0.15, 0.2) is 0 Å². The fraction of sp³-hybridized carbons (Fsp3) is 0.559. The van der Waals surface area contributed by atoms with Crippen LogP contribution in [0.25, 0.3) is 0 Å². The van der Waals surface area contributed by atoms with Crippen LogP contribution in [0.5, 0.6) is 5.75 Å². The Hall–Kier alpha value is -2.35. The predicted molar refractivity (Wildman–Crippen MR) is 172 cm³/mol. The van der Waals surface area contributed by atoms with Gasteiger partial charge in [0.25, 0.3) is 5.91 Å². The van der Waals surface area contributed by atoms with Gasteiger partial charge in [-0.25, -0.2) is 4.21 Å². The van der Waals surface area contributed by atoms with Crippen molar-refractivity contribution in [3.8, 4) is 5.75 Å². The van der Waals surface area contributed by atoms with Crippen LogP contribution in [-0.2, 0) is 17.4 Å². The van der Waals surface area contributed by atoms with Crippen LogP contribution in [0.1, 0.15) is 86.7 Å². The summed E-state index contributed by atoms with van der Waals surface area (Å²) >= 11 is 6.39. The summed E-state index contributed by atoms with van der Waals surface area (Å²) < 4.78 is 22.6. The highest BCUT2D eigenvalue weighted by atomic mass is 35.5. The van der Waals surface area contributed by atoms with E-state index in [-0.39, 0.29) is 23.0 Å². The summed E-state index contributed by atoms with van der Waals surface area (Å²) in [4.78, 5) is 15.8. The molecule has 2 aromatic rings. The highest BCUT2D eigenvalue weighted by Gasteiger charge is 2.38. The lowest BCUT2D eigenvalue weighted by atomic mass is 9.70. The zero-order valence-corrected chi connectivity index (χ0v) is 26.6. The van der Waals surface area contributed by atoms with E-state index in [4.69, 9.17) is 16.3 Å². The first-order valence-electron chi connectivity index (χ1n) is 15.6. The number of aliphatic hydroxyl groups is 1. The first-order chi connectivity index (χ1) is 20.2. The summed E-state index contributed by atoms with van der Waals surface area (Å²) in [5, 5.41) is 11.7. The zero-order chi connectivity index (χ0) is 29.8. The molecule has 2 N–H and O–H groups in total. The molecule has 6 unspecified atom stereocenters. The van der Waals surface area contributed by atoms with Crippen LogP contribution in [0.2, 0.25) is 5.02 Å². The molecule has 0 radical (unpaired) electrons. The lowest BCUT2D eigenvalue weighted by Gasteiger charge is -2.42. The van der Waals surface area contributed by atoms with Crippen LogP contribution in [-0.4, -0.2) is 46.3 Å². The maximum Gasteiger partial charge on any atom is 0.263 e. The number of rotatable bonds is 5. The second-order valence-corrected chi connectivity index (χ2v) is 14.6. The van der Waals surface area contributed by atoms with Crippen molar-refractivity contribution in [3.05, 3.63) is 70.3 Å². The van der Waals surface area contributed by atoms with E-state index >= 15 is 0 Å². The number of nitrogens with zero attached hydrogens (tertiary/aromatic N) is 1. The topological polar surface area (TPSA) is 78.9 Å². The average Bonchev–Trinajstić information content (AvgIpc) is 3.11. The summed E-state index contributed by atoms with van der Waals surface area (Å²) in [5.74, 6) is 1.43. The fourth-order valence-electron chi connectivity index (χ4n) is 6.74. The average molecular weight is 613 g/mol. The third-order valence-corrected chi connectivity index (χ3v) is 10.8. The quantitative estimate of drug-likeness (QED) is 0.362. The van der Waals surface area contributed by atoms with Gasteiger partial charge >= 0.3 is 0 Å². The molecule has 2 aliphatic heterocycles. The van der Waals surface area contributed by atoms with Gasteiger partial charge in [-0.05, 0) is 97.7 Å². The van der Waals surface area contributed by atoms with Crippen LogP contribution in [0.3, 0.4) is 0 Å². The predicted octanol–water partition coefficient (Wildman–Crippen LogP) is 6.82. The number of aryl methyl sites for hydroxylation is 1. The van der Waals surface area contributed by atoms with Gasteiger partial charge in [0.2, 0.25) is 0 Å². The maximum absolute atomic E-state index is 13.4. The van der Waals surface area contributed by atoms with E-state index in [0.29, 0.717) is 30.4 Å². The lowest BCUT2D eigenvalue weighted by Crippen LogP contribution is -2.44. The standard InChI is InChI=1S/C34H45ClN2O4S/c1-4-7-23-17-27(35)12-14-29(23)26-20-37-19-25-10-13-30(25)32(38)9-6-5-8-28(16-22(2)3)42(40)36-34(39)24-11-15-33(41-21-26)31(37)18-24/h6,9,11-12,14-15,17-18,22,25-26,28,30,32,38H,4-5,7-8,10,13,16,19-21H2,1-3H3,(H,36,39)/b9-6+. The Bertz CT molecular complexity index is 1310. The molecule has 0 spiro atoms. The highest BCUT2D eigenvalue weighted by Crippen LogP contribution is 2.42. The van der Waals surface area contributed by atoms with Gasteiger partial charge < -0.3 is 14.7 Å². The minimum atomic E-state index is -1.52. The summed E-state index contributed by atoms with van der Waals surface area (Å²) in [6.07, 6.45) is 9.67. The molecule has 2 aromatic carbocycles. The fourth-order valence-corrected chi connectivity index (χ4v) is 8.31. The van der Waals surface area contributed by atoms with Gasteiger partial charge in [-0.15, -0.1) is 0 Å². The van der Waals surface area contributed by atoms with Crippen molar-refractivity contribution in [2.45, 2.75) is 83.0 Å². The van der Waals surface area contributed by atoms with Crippen LogP contribution in [0.15, 0.2) is 48.6 Å². The van der Waals surface area contributed by atoms with Gasteiger partial charge in [0, 0.05) is 29.6 Å². The van der Waals surface area contributed by atoms with Crippen molar-refractivity contribution in [2.75, 3.05) is 24.6 Å². The zero-order valence-electron chi connectivity index (χ0n) is 25.1. The Balaban J connectivity index is 1.50. The molecule has 228 valence electrons. The monoisotopic (exact) mass is 612 g/mol. The first kappa shape index (κ1) is 31.1. The summed E-state index contributed by atoms with van der Waals surface area (Å²) in [5.41, 5.74) is 3.86. The smallest absolute Gasteiger partial charge is 0.263 e. The van der Waals surface area contributed by atoms with E-state index in [2.05, 4.69) is 42.5 Å². The number of nitrogens with one attached hydrogen (secondary N) is 1. The Labute approximate surface area is 258 Å². The third-order valence-electron chi connectivity index (χ3n) is 9.10. The molecular formula is C34H45ClN2O4S. The van der Waals surface area contributed by atoms with E-state index in [1.54, 1.807) is 6.07 Å². The molecule has 0 saturated heterocycles. The molecule has 1 aliphatic carbocycles. The van der Waals surface area contributed by atoms with E-state index < -0.39 is 17.1 Å². The molecule has 1 amide bonds. The van der Waals surface area contributed by atoms with Gasteiger partial charge in [-0.3, -0.25) is 9.52 Å². The molecule has 42 heavy (non-hydrogen) atoms. The van der Waals surface area contributed by atoms with Crippen LogP contribution in [0.4, 0.5) is 5.69 Å². The minimum absolute atomic E-state index is 0.117. The number of amides is 1. The molecule has 3 aliphatic rings. The molecule has 8 heteroatoms. The second-order valence-electron chi connectivity index (χ2n) is 12.7. The number of ether oxygens (including phenoxy) is 1. The number of carbonyl (C=O) groups is 1. The number of benzene rings is 2. The third kappa shape index (κ3) is 7.23. The number of anilines is 1. The molecule has 2 heterocycles. The van der Waals surface area contributed by atoms with Gasteiger partial charge in [-0.2, -0.15) is 0 Å². The number of carbonyl (C=O) groups excluding carboxylic acids is 1. The second kappa shape index (κ2) is 14.0. The summed E-state index contributed by atoms with van der Waals surface area (Å²) in [7, 11) is -1.52. The first-order valence-corrected chi connectivity index (χ1v) is 17.2. The molecule has 1 saturated carbocycles. The highest BCUT2D eigenvalue weighted by molar-refractivity contribution is 7.84. The van der Waals surface area contributed by atoms with E-state index in [9.17, 15) is 14.1 Å². The Morgan fingerprint density at radius 2 is 1.98 bits per heavy atom. The summed E-state index contributed by atoms with van der Waals surface area (Å²) in [6.45, 7) is 8.42. The van der Waals surface area contributed by atoms with Crippen LogP contribution >= 0.6 is 11.6 Å². The Morgan fingerprint density at radius 3 is 2.71 bits per heavy atom. The maximum atomic E-state index is 13.4. The van der Waals surface area contributed by atoms with Gasteiger partial charge in [0.05, 0.1) is 23.6 Å². The number of aliphatic hydroxyl groups excluding tert-OH is 1. The molecular weight excluding hydrogens is 568 g/mol. The van der Waals surface area contributed by atoms with E-state index in [1.165, 1.54) is 11.1 Å². The lowest BCUT2D eigenvalue weighted by molar-refractivity contribution is 0.0461. The van der Waals surface area contributed by atoms with Crippen LogP contribution < -0.4 is 14.4 Å². The van der Waals surface area contributed by atoms with Crippen LogP contribution in [0, 0.1) is 17.8 Å². The van der Waals surface area contributed by atoms with Crippen molar-refractivity contribution >= 4 is 34.2 Å². The number of hydrogen-bond donors (Lipinski definition) is 2. The number of fused-ring (bicyclic) bond motifs is 2. The van der Waals surface area contributed by atoms with E-state index in [0.717, 1.165) is 68.1 Å². The largest absolute Gasteiger partial charge is 0.491 e. The van der Waals surface area contributed by atoms with Gasteiger partial charge in [0.1, 0.15) is 16.7 Å². The molecule has 1 fully saturated rings. The van der Waals surface area contributed by atoms with E-state index in [1.807, 2.05) is 30.4 Å². The van der Waals surface area contributed by atoms with Crippen molar-refractivity contribution < 1.29 is 18.8 Å². The normalized spacial score (nSPS) is 29.1. The van der Waals surface area contributed by atoms with Gasteiger partial charge in [-0.1, -0.05) is 57.0 Å². The molecule has 6 nitrogen and oxygen atoms in total. The molecule has 5 rings (SSSR count). The minimum Gasteiger partial charge on any atom is -0.491 e. The Kier molecular flexibility index (Phi) is 10.3. The molecule has 0 aromatic heterocycles. The summed E-state index contributed by atoms with van der Waals surface area (Å²) in [6, 6.07) is 11.7. The molecule has 2 bridgehead atoms. The number of hydrogen-bond acceptors (Lipinski definition) is 5. The van der Waals surface area contributed by atoms with Crippen molar-refractivity contribution in [1.82, 2.24) is 4.72 Å².